The van der Waals surface area contributed by atoms with Crippen molar-refractivity contribution in [3.8, 4) is 5.75 Å². The molecule has 0 spiro atoms. The second kappa shape index (κ2) is 4.54. The number of hydrogen-bond donors (Lipinski definition) is 1. The lowest BCUT2D eigenvalue weighted by atomic mass is 10.0. The summed E-state index contributed by atoms with van der Waals surface area (Å²) in [5.41, 5.74) is 3.41. The van der Waals surface area contributed by atoms with Crippen LogP contribution < -0.4 is 10.1 Å². The van der Waals surface area contributed by atoms with Gasteiger partial charge in [-0.05, 0) is 30.2 Å². The van der Waals surface area contributed by atoms with Gasteiger partial charge in [-0.15, -0.1) is 0 Å². The fourth-order valence-electron chi connectivity index (χ4n) is 2.28. The van der Waals surface area contributed by atoms with Crippen LogP contribution in [0.25, 0.3) is 0 Å². The van der Waals surface area contributed by atoms with Gasteiger partial charge in [0.2, 0.25) is 0 Å². The van der Waals surface area contributed by atoms with Crippen molar-refractivity contribution in [1.29, 1.82) is 0 Å². The first-order chi connectivity index (χ1) is 8.75. The average molecular weight is 260 g/mol. The lowest BCUT2D eigenvalue weighted by Crippen LogP contribution is -2.24. The fraction of sp³-hybridized carbons (Fsp3) is 0.200. The van der Waals surface area contributed by atoms with Gasteiger partial charge in [0.15, 0.2) is 5.75 Å². The first kappa shape index (κ1) is 11.4. The van der Waals surface area contributed by atoms with Gasteiger partial charge in [0.1, 0.15) is 6.10 Å². The van der Waals surface area contributed by atoms with E-state index in [0.29, 0.717) is 5.02 Å². The summed E-state index contributed by atoms with van der Waals surface area (Å²) in [5.74, 6) is 0.749. The molecule has 0 bridgehead atoms. The molecule has 1 aliphatic rings. The highest BCUT2D eigenvalue weighted by molar-refractivity contribution is 6.32. The highest BCUT2D eigenvalue weighted by Gasteiger charge is 2.23. The molecule has 0 saturated carbocycles. The highest BCUT2D eigenvalue weighted by atomic mass is 35.5. The van der Waals surface area contributed by atoms with Crippen molar-refractivity contribution in [2.24, 2.45) is 0 Å². The van der Waals surface area contributed by atoms with Gasteiger partial charge in [0.05, 0.1) is 17.3 Å². The van der Waals surface area contributed by atoms with Gasteiger partial charge in [0, 0.05) is 0 Å². The highest BCUT2D eigenvalue weighted by Crippen LogP contribution is 2.39. The zero-order valence-corrected chi connectivity index (χ0v) is 10.9. The summed E-state index contributed by atoms with van der Waals surface area (Å²) in [6.45, 7) is 2.86. The molecular formula is C15H14ClNO. The molecule has 3 heteroatoms. The maximum absolute atomic E-state index is 6.17. The first-order valence-electron chi connectivity index (χ1n) is 6.00. The molecule has 0 aromatic heterocycles. The van der Waals surface area contributed by atoms with E-state index in [-0.39, 0.29) is 6.10 Å². The average Bonchev–Trinajstić information content (AvgIpc) is 2.40. The molecule has 1 aliphatic heterocycles. The molecule has 92 valence electrons. The van der Waals surface area contributed by atoms with Crippen LogP contribution in [0.4, 0.5) is 5.69 Å². The number of benzene rings is 2. The van der Waals surface area contributed by atoms with Gasteiger partial charge >= 0.3 is 0 Å². The van der Waals surface area contributed by atoms with E-state index in [1.807, 2.05) is 30.3 Å². The van der Waals surface area contributed by atoms with Gasteiger partial charge in [-0.25, -0.2) is 0 Å². The number of aryl methyl sites for hydroxylation is 1. The molecule has 0 saturated heterocycles. The Morgan fingerprint density at radius 2 is 2.00 bits per heavy atom. The van der Waals surface area contributed by atoms with Crippen molar-refractivity contribution in [2.75, 3.05) is 11.9 Å². The minimum absolute atomic E-state index is 0.0126. The van der Waals surface area contributed by atoms with E-state index in [2.05, 4.69) is 24.4 Å². The molecular weight excluding hydrogens is 246 g/mol. The Labute approximate surface area is 112 Å². The van der Waals surface area contributed by atoms with Crippen LogP contribution in [0.3, 0.4) is 0 Å². The van der Waals surface area contributed by atoms with Crippen LogP contribution in [-0.2, 0) is 0 Å². The predicted molar refractivity (Wildman–Crippen MR) is 74.5 cm³/mol. The Balaban J connectivity index is 1.96. The number of para-hydroxylation sites is 1. The molecule has 2 aromatic rings. The molecule has 2 aromatic carbocycles. The third kappa shape index (κ3) is 1.93. The van der Waals surface area contributed by atoms with Crippen LogP contribution in [0.5, 0.6) is 5.75 Å². The minimum atomic E-state index is 0.0126. The molecule has 1 unspecified atom stereocenters. The Morgan fingerprint density at radius 3 is 2.83 bits per heavy atom. The number of hydrogen-bond acceptors (Lipinski definition) is 2. The molecule has 0 aliphatic carbocycles. The Morgan fingerprint density at radius 1 is 1.17 bits per heavy atom. The third-order valence-electron chi connectivity index (χ3n) is 3.24. The molecule has 1 atom stereocenters. The summed E-state index contributed by atoms with van der Waals surface area (Å²) in [6, 6.07) is 14.0. The second-order valence-corrected chi connectivity index (χ2v) is 4.87. The molecule has 0 amide bonds. The quantitative estimate of drug-likeness (QED) is 0.829. The minimum Gasteiger partial charge on any atom is -0.480 e. The lowest BCUT2D eigenvalue weighted by Gasteiger charge is -2.29. The Bertz CT molecular complexity index is 582. The van der Waals surface area contributed by atoms with Crippen LogP contribution in [0.1, 0.15) is 17.2 Å². The number of rotatable bonds is 1. The van der Waals surface area contributed by atoms with Gasteiger partial charge in [-0.2, -0.15) is 0 Å². The fourth-order valence-corrected chi connectivity index (χ4v) is 2.49. The monoisotopic (exact) mass is 259 g/mol. The Hall–Kier alpha value is -1.67. The van der Waals surface area contributed by atoms with Crippen molar-refractivity contribution in [1.82, 2.24) is 0 Å². The number of nitrogens with one attached hydrogen (secondary N) is 1. The number of fused-ring (bicyclic) bond motifs is 1. The summed E-state index contributed by atoms with van der Waals surface area (Å²) in [5, 5.41) is 4.02. The first-order valence-corrected chi connectivity index (χ1v) is 6.38. The van der Waals surface area contributed by atoms with Gasteiger partial charge in [-0.1, -0.05) is 41.9 Å². The SMILES string of the molecule is Cc1ccccc1C1CNc2cccc(Cl)c2O1. The molecule has 2 nitrogen and oxygen atoms in total. The lowest BCUT2D eigenvalue weighted by molar-refractivity contribution is 0.210. The van der Waals surface area contributed by atoms with E-state index in [9.17, 15) is 0 Å². The van der Waals surface area contributed by atoms with E-state index in [1.165, 1.54) is 11.1 Å². The van der Waals surface area contributed by atoms with E-state index in [4.69, 9.17) is 16.3 Å². The van der Waals surface area contributed by atoms with Crippen molar-refractivity contribution < 1.29 is 4.74 Å². The summed E-state index contributed by atoms with van der Waals surface area (Å²) in [7, 11) is 0. The van der Waals surface area contributed by atoms with Crippen LogP contribution in [0, 0.1) is 6.92 Å². The zero-order valence-electron chi connectivity index (χ0n) is 10.1. The normalized spacial score (nSPS) is 17.6. The standard InChI is InChI=1S/C15H14ClNO/c1-10-5-2-3-6-11(10)14-9-17-13-8-4-7-12(16)15(13)18-14/h2-8,14,17H,9H2,1H3. The maximum atomic E-state index is 6.17. The van der Waals surface area contributed by atoms with Crippen LogP contribution in [-0.4, -0.2) is 6.54 Å². The molecule has 18 heavy (non-hydrogen) atoms. The predicted octanol–water partition coefficient (Wildman–Crippen LogP) is 4.19. The van der Waals surface area contributed by atoms with E-state index in [1.54, 1.807) is 0 Å². The molecule has 1 N–H and O–H groups in total. The van der Waals surface area contributed by atoms with E-state index in [0.717, 1.165) is 18.0 Å². The van der Waals surface area contributed by atoms with Crippen molar-refractivity contribution in [3.63, 3.8) is 0 Å². The van der Waals surface area contributed by atoms with E-state index >= 15 is 0 Å². The van der Waals surface area contributed by atoms with Crippen LogP contribution >= 0.6 is 11.6 Å². The smallest absolute Gasteiger partial charge is 0.161 e. The van der Waals surface area contributed by atoms with Gasteiger partial charge in [-0.3, -0.25) is 0 Å². The number of anilines is 1. The molecule has 0 fully saturated rings. The second-order valence-electron chi connectivity index (χ2n) is 4.46. The van der Waals surface area contributed by atoms with Crippen LogP contribution in [0.2, 0.25) is 5.02 Å². The zero-order chi connectivity index (χ0) is 12.5. The summed E-state index contributed by atoms with van der Waals surface area (Å²) in [6.07, 6.45) is 0.0126. The number of ether oxygens (including phenoxy) is 1. The molecule has 3 rings (SSSR count). The van der Waals surface area contributed by atoms with Crippen molar-refractivity contribution >= 4 is 17.3 Å². The van der Waals surface area contributed by atoms with Gasteiger partial charge in [0.25, 0.3) is 0 Å². The van der Waals surface area contributed by atoms with Crippen LogP contribution in [0.15, 0.2) is 42.5 Å². The largest absolute Gasteiger partial charge is 0.480 e. The molecule has 1 heterocycles. The van der Waals surface area contributed by atoms with Crippen molar-refractivity contribution in [2.45, 2.75) is 13.0 Å². The Kier molecular flexibility index (Phi) is 2.88. The summed E-state index contributed by atoms with van der Waals surface area (Å²) in [4.78, 5) is 0. The van der Waals surface area contributed by atoms with Crippen molar-refractivity contribution in [3.05, 3.63) is 58.6 Å². The van der Waals surface area contributed by atoms with Gasteiger partial charge < -0.3 is 10.1 Å². The molecule has 0 radical (unpaired) electrons. The third-order valence-corrected chi connectivity index (χ3v) is 3.54. The topological polar surface area (TPSA) is 21.3 Å². The summed E-state index contributed by atoms with van der Waals surface area (Å²) >= 11 is 6.17. The summed E-state index contributed by atoms with van der Waals surface area (Å²) < 4.78 is 6.04. The number of halogens is 1. The maximum Gasteiger partial charge on any atom is 0.161 e. The van der Waals surface area contributed by atoms with E-state index < -0.39 is 0 Å².